The molecule has 1 aliphatic rings. The third-order valence-electron chi connectivity index (χ3n) is 4.66. The van der Waals surface area contributed by atoms with E-state index in [0.717, 1.165) is 11.3 Å². The molecule has 1 aliphatic carbocycles. The molecule has 1 fully saturated rings. The molecule has 0 spiro atoms. The van der Waals surface area contributed by atoms with Crippen molar-refractivity contribution < 1.29 is 18.7 Å². The zero-order valence-corrected chi connectivity index (χ0v) is 15.6. The maximum absolute atomic E-state index is 13.2. The lowest BCUT2D eigenvalue weighted by Crippen LogP contribution is -2.40. The lowest BCUT2D eigenvalue weighted by atomic mass is 10.0. The number of amides is 2. The number of carbonyl (C=O) groups is 2. The highest BCUT2D eigenvalue weighted by atomic mass is 35.5. The highest BCUT2D eigenvalue weighted by molar-refractivity contribution is 6.31. The summed E-state index contributed by atoms with van der Waals surface area (Å²) in [6.07, 6.45) is 1.63. The van der Waals surface area contributed by atoms with Crippen molar-refractivity contribution in [1.29, 1.82) is 0 Å². The third-order valence-corrected chi connectivity index (χ3v) is 4.94. The summed E-state index contributed by atoms with van der Waals surface area (Å²) < 4.78 is 18.3. The Morgan fingerprint density at radius 1 is 1.15 bits per heavy atom. The van der Waals surface area contributed by atoms with Crippen molar-refractivity contribution in [2.75, 3.05) is 19.0 Å². The molecule has 142 valence electrons. The van der Waals surface area contributed by atoms with Crippen LogP contribution >= 0.6 is 11.6 Å². The van der Waals surface area contributed by atoms with Gasteiger partial charge < -0.3 is 15.4 Å². The molecule has 27 heavy (non-hydrogen) atoms. The number of halogens is 2. The number of anilines is 1. The molecule has 2 aromatic carbocycles. The van der Waals surface area contributed by atoms with Crippen molar-refractivity contribution in [3.8, 4) is 5.75 Å². The van der Waals surface area contributed by atoms with Gasteiger partial charge >= 0.3 is 0 Å². The van der Waals surface area contributed by atoms with Crippen LogP contribution in [0.15, 0.2) is 42.5 Å². The number of carbonyl (C=O) groups excluding carboxylic acids is 2. The topological polar surface area (TPSA) is 67.4 Å². The Balaban J connectivity index is 1.53. The van der Waals surface area contributed by atoms with Crippen LogP contribution in [-0.4, -0.2) is 25.5 Å². The van der Waals surface area contributed by atoms with Gasteiger partial charge in [-0.25, -0.2) is 4.39 Å². The Morgan fingerprint density at radius 3 is 2.44 bits per heavy atom. The Labute approximate surface area is 161 Å². The van der Waals surface area contributed by atoms with E-state index in [1.807, 2.05) is 24.3 Å². The molecule has 1 saturated carbocycles. The van der Waals surface area contributed by atoms with Crippen LogP contribution in [0, 0.1) is 11.2 Å². The minimum absolute atomic E-state index is 0.0819. The third kappa shape index (κ3) is 4.39. The van der Waals surface area contributed by atoms with Gasteiger partial charge in [-0.15, -0.1) is 0 Å². The molecule has 7 heteroatoms. The van der Waals surface area contributed by atoms with Crippen LogP contribution in [0.3, 0.4) is 0 Å². The van der Waals surface area contributed by atoms with Crippen LogP contribution in [0.1, 0.15) is 18.4 Å². The van der Waals surface area contributed by atoms with Crippen molar-refractivity contribution in [2.24, 2.45) is 5.41 Å². The van der Waals surface area contributed by atoms with E-state index in [1.54, 1.807) is 7.11 Å². The number of methoxy groups -OCH3 is 1. The fourth-order valence-electron chi connectivity index (χ4n) is 2.79. The quantitative estimate of drug-likeness (QED) is 0.710. The minimum atomic E-state index is -1.05. The van der Waals surface area contributed by atoms with E-state index in [4.69, 9.17) is 16.3 Å². The largest absolute Gasteiger partial charge is 0.497 e. The number of nitrogens with one attached hydrogen (secondary N) is 2. The summed E-state index contributed by atoms with van der Waals surface area (Å²) in [5.74, 6) is -0.474. The predicted octanol–water partition coefficient (Wildman–Crippen LogP) is 3.57. The first-order valence-corrected chi connectivity index (χ1v) is 9.00. The monoisotopic (exact) mass is 390 g/mol. The Morgan fingerprint density at radius 2 is 1.85 bits per heavy atom. The molecule has 0 saturated heterocycles. The molecule has 0 heterocycles. The summed E-state index contributed by atoms with van der Waals surface area (Å²) in [5, 5.41) is 5.40. The molecule has 3 rings (SSSR count). The number of hydrogen-bond donors (Lipinski definition) is 2. The summed E-state index contributed by atoms with van der Waals surface area (Å²) >= 11 is 5.72. The predicted molar refractivity (Wildman–Crippen MR) is 101 cm³/mol. The second kappa shape index (κ2) is 7.96. The highest BCUT2D eigenvalue weighted by Gasteiger charge is 2.56. The molecule has 2 N–H and O–H groups in total. The number of rotatable bonds is 7. The smallest absolute Gasteiger partial charge is 0.240 e. The fourth-order valence-corrected chi connectivity index (χ4v) is 2.97. The molecule has 2 aromatic rings. The first-order chi connectivity index (χ1) is 12.9. The molecule has 0 radical (unpaired) electrons. The van der Waals surface area contributed by atoms with Crippen LogP contribution in [0.25, 0.3) is 0 Å². The SMILES string of the molecule is COc1ccc(CCNC(=O)C2(C(=O)Nc3ccc(F)c(Cl)c3)CC2)cc1. The highest BCUT2D eigenvalue weighted by Crippen LogP contribution is 2.46. The van der Waals surface area contributed by atoms with Gasteiger partial charge in [-0.05, 0) is 55.2 Å². The normalized spacial score (nSPS) is 14.3. The first kappa shape index (κ1) is 19.2. The summed E-state index contributed by atoms with van der Waals surface area (Å²) in [6, 6.07) is 11.5. The van der Waals surface area contributed by atoms with E-state index in [0.29, 0.717) is 31.5 Å². The van der Waals surface area contributed by atoms with Gasteiger partial charge in [0.15, 0.2) is 0 Å². The average molecular weight is 391 g/mol. The molecule has 0 bridgehead atoms. The molecule has 0 aliphatic heterocycles. The maximum Gasteiger partial charge on any atom is 0.240 e. The van der Waals surface area contributed by atoms with Crippen LogP contribution in [0.4, 0.5) is 10.1 Å². The summed E-state index contributed by atoms with van der Waals surface area (Å²) in [6.45, 7) is 0.433. The Kier molecular flexibility index (Phi) is 5.65. The van der Waals surface area contributed by atoms with Crippen molar-refractivity contribution in [3.63, 3.8) is 0 Å². The summed E-state index contributed by atoms with van der Waals surface area (Å²) in [7, 11) is 1.61. The van der Waals surface area contributed by atoms with Gasteiger partial charge in [0.1, 0.15) is 17.0 Å². The van der Waals surface area contributed by atoms with Crippen molar-refractivity contribution in [3.05, 3.63) is 58.9 Å². The Hall–Kier alpha value is -2.60. The van der Waals surface area contributed by atoms with Gasteiger partial charge in [0.25, 0.3) is 0 Å². The lowest BCUT2D eigenvalue weighted by Gasteiger charge is -2.16. The van der Waals surface area contributed by atoms with Crippen molar-refractivity contribution >= 4 is 29.1 Å². The summed E-state index contributed by atoms with van der Waals surface area (Å²) in [5.41, 5.74) is 0.371. The number of benzene rings is 2. The molecular formula is C20H20ClFN2O3. The molecule has 0 unspecified atom stereocenters. The summed E-state index contributed by atoms with van der Waals surface area (Å²) in [4.78, 5) is 25.0. The van der Waals surface area contributed by atoms with Crippen molar-refractivity contribution in [1.82, 2.24) is 5.32 Å². The van der Waals surface area contributed by atoms with Crippen LogP contribution in [0.2, 0.25) is 5.02 Å². The molecule has 5 nitrogen and oxygen atoms in total. The van der Waals surface area contributed by atoms with Crippen LogP contribution in [0.5, 0.6) is 5.75 Å². The van der Waals surface area contributed by atoms with E-state index < -0.39 is 17.1 Å². The Bertz CT molecular complexity index is 851. The van der Waals surface area contributed by atoms with Crippen LogP contribution in [-0.2, 0) is 16.0 Å². The van der Waals surface area contributed by atoms with E-state index >= 15 is 0 Å². The molecule has 0 atom stereocenters. The second-order valence-electron chi connectivity index (χ2n) is 6.52. The zero-order chi connectivity index (χ0) is 19.4. The van der Waals surface area contributed by atoms with Gasteiger partial charge in [0.2, 0.25) is 11.8 Å². The fraction of sp³-hybridized carbons (Fsp3) is 0.300. The molecule has 0 aromatic heterocycles. The van der Waals surface area contributed by atoms with Gasteiger partial charge in [-0.1, -0.05) is 23.7 Å². The minimum Gasteiger partial charge on any atom is -0.497 e. The van der Waals surface area contributed by atoms with Gasteiger partial charge in [-0.3, -0.25) is 9.59 Å². The van der Waals surface area contributed by atoms with E-state index in [-0.39, 0.29) is 10.9 Å². The maximum atomic E-state index is 13.2. The van der Waals surface area contributed by atoms with E-state index in [9.17, 15) is 14.0 Å². The number of ether oxygens (including phenoxy) is 1. The van der Waals surface area contributed by atoms with Gasteiger partial charge in [-0.2, -0.15) is 0 Å². The standard InChI is InChI=1S/C20H20ClFN2O3/c1-27-15-5-2-13(3-6-15)8-11-23-18(25)20(9-10-20)19(26)24-14-4-7-17(22)16(21)12-14/h2-7,12H,8-11H2,1H3,(H,23,25)(H,24,26). The van der Waals surface area contributed by atoms with Gasteiger partial charge in [0, 0.05) is 12.2 Å². The first-order valence-electron chi connectivity index (χ1n) is 8.62. The van der Waals surface area contributed by atoms with Gasteiger partial charge in [0.05, 0.1) is 12.1 Å². The lowest BCUT2D eigenvalue weighted by molar-refractivity contribution is -0.134. The van der Waals surface area contributed by atoms with E-state index in [1.165, 1.54) is 18.2 Å². The second-order valence-corrected chi connectivity index (χ2v) is 6.93. The average Bonchev–Trinajstić information content (AvgIpc) is 3.47. The zero-order valence-electron chi connectivity index (χ0n) is 14.9. The number of hydrogen-bond acceptors (Lipinski definition) is 3. The van der Waals surface area contributed by atoms with E-state index in [2.05, 4.69) is 10.6 Å². The van der Waals surface area contributed by atoms with Crippen molar-refractivity contribution in [2.45, 2.75) is 19.3 Å². The van der Waals surface area contributed by atoms with Crippen LogP contribution < -0.4 is 15.4 Å². The molecule has 2 amide bonds. The molecular weight excluding hydrogens is 371 g/mol.